The van der Waals surface area contributed by atoms with Crippen molar-refractivity contribution in [2.24, 2.45) is 0 Å². The summed E-state index contributed by atoms with van der Waals surface area (Å²) in [6, 6.07) is 7.12. The van der Waals surface area contributed by atoms with E-state index in [1.165, 1.54) is 25.0 Å². The van der Waals surface area contributed by atoms with Crippen molar-refractivity contribution in [3.05, 3.63) is 53.1 Å². The van der Waals surface area contributed by atoms with Gasteiger partial charge in [-0.25, -0.2) is 0 Å². The molecule has 212 valence electrons. The number of Topliss-reactive ketones (excluding diaryl/α,β-unsaturated/α-hetero) is 1. The second-order valence-electron chi connectivity index (χ2n) is 9.46. The van der Waals surface area contributed by atoms with Crippen LogP contribution >= 0.6 is 0 Å². The van der Waals surface area contributed by atoms with Gasteiger partial charge in [0.25, 0.3) is 17.7 Å². The molecule has 1 aliphatic heterocycles. The number of aldehydes is 1. The minimum absolute atomic E-state index is 0.187. The molecule has 3 N–H and O–H groups in total. The highest BCUT2D eigenvalue weighted by Crippen LogP contribution is 2.33. The van der Waals surface area contributed by atoms with Crippen molar-refractivity contribution in [2.45, 2.75) is 39.3 Å². The summed E-state index contributed by atoms with van der Waals surface area (Å²) in [5, 5.41) is 14.7. The highest BCUT2D eigenvalue weighted by atomic mass is 16.5. The SMILES string of the molecule is COc1c(C)cc(C(=O)N[C@H]2CN(C(=O)CO)c3ccccc3N(CC(=O)N[C@H](C=O)CC(C)=O)C2=O)cc1C. The van der Waals surface area contributed by atoms with E-state index < -0.39 is 48.9 Å². The lowest BCUT2D eigenvalue weighted by Crippen LogP contribution is -2.55. The molecule has 1 aliphatic rings. The van der Waals surface area contributed by atoms with Crippen molar-refractivity contribution in [3.63, 3.8) is 0 Å². The van der Waals surface area contributed by atoms with Crippen LogP contribution in [0.3, 0.4) is 0 Å². The number of nitrogens with one attached hydrogen (secondary N) is 2. The van der Waals surface area contributed by atoms with Crippen LogP contribution in [0.2, 0.25) is 0 Å². The zero-order valence-electron chi connectivity index (χ0n) is 22.7. The van der Waals surface area contributed by atoms with Gasteiger partial charge in [-0.2, -0.15) is 0 Å². The van der Waals surface area contributed by atoms with Gasteiger partial charge in [0.2, 0.25) is 5.91 Å². The number of benzene rings is 2. The molecule has 0 bridgehead atoms. The normalized spacial score (nSPS) is 15.4. The summed E-state index contributed by atoms with van der Waals surface area (Å²) in [6.45, 7) is 3.10. The standard InChI is InChI=1S/C28H32N4O8/c1-16-9-19(10-17(2)26(16)40-4)27(38)30-21-12-31(25(37)15-34)22-7-5-6-8-23(22)32(28(21)39)13-24(36)29-20(14-33)11-18(3)35/h5-10,14,20-21,34H,11-13,15H2,1-4H3,(H,29,36)(H,30,38)/t20-,21-/m0/s1. The number of para-hydroxylation sites is 2. The van der Waals surface area contributed by atoms with Crippen molar-refractivity contribution >= 4 is 47.1 Å². The van der Waals surface area contributed by atoms with Crippen molar-refractivity contribution < 1.29 is 38.6 Å². The molecule has 0 saturated carbocycles. The van der Waals surface area contributed by atoms with E-state index in [0.29, 0.717) is 23.2 Å². The molecule has 4 amide bonds. The molecule has 1 heterocycles. The number of fused-ring (bicyclic) bond motifs is 1. The first-order valence-corrected chi connectivity index (χ1v) is 12.5. The number of amides is 4. The molecule has 0 saturated heterocycles. The molecule has 12 nitrogen and oxygen atoms in total. The Bertz CT molecular complexity index is 1320. The van der Waals surface area contributed by atoms with E-state index in [9.17, 15) is 33.9 Å². The van der Waals surface area contributed by atoms with Crippen LogP contribution in [0.25, 0.3) is 0 Å². The number of ketones is 1. The van der Waals surface area contributed by atoms with Crippen LogP contribution in [0.5, 0.6) is 5.75 Å². The maximum Gasteiger partial charge on any atom is 0.252 e. The Morgan fingerprint density at radius 3 is 2.30 bits per heavy atom. The fourth-order valence-corrected chi connectivity index (χ4v) is 4.66. The number of aryl methyl sites for hydroxylation is 2. The van der Waals surface area contributed by atoms with Crippen LogP contribution in [0.1, 0.15) is 34.8 Å². The Hall–Kier alpha value is -4.58. The van der Waals surface area contributed by atoms with Gasteiger partial charge in [-0.3, -0.25) is 28.9 Å². The summed E-state index contributed by atoms with van der Waals surface area (Å²) in [6.07, 6.45) is 0.221. The van der Waals surface area contributed by atoms with Crippen LogP contribution in [-0.4, -0.2) is 79.7 Å². The number of anilines is 2. The van der Waals surface area contributed by atoms with Gasteiger partial charge in [0.15, 0.2) is 0 Å². The van der Waals surface area contributed by atoms with Crippen molar-refractivity contribution in [3.8, 4) is 5.75 Å². The largest absolute Gasteiger partial charge is 0.496 e. The molecular weight excluding hydrogens is 520 g/mol. The molecule has 0 radical (unpaired) electrons. The van der Waals surface area contributed by atoms with Crippen molar-refractivity contribution in [2.75, 3.05) is 36.6 Å². The number of ether oxygens (including phenoxy) is 1. The third-order valence-corrected chi connectivity index (χ3v) is 6.38. The van der Waals surface area contributed by atoms with Gasteiger partial charge in [-0.1, -0.05) is 12.1 Å². The molecule has 40 heavy (non-hydrogen) atoms. The Labute approximate surface area is 231 Å². The van der Waals surface area contributed by atoms with Crippen LogP contribution in [0, 0.1) is 13.8 Å². The van der Waals surface area contributed by atoms with Gasteiger partial charge >= 0.3 is 0 Å². The summed E-state index contributed by atoms with van der Waals surface area (Å²) in [4.78, 5) is 77.8. The van der Waals surface area contributed by atoms with E-state index in [-0.39, 0.29) is 35.7 Å². The fraction of sp³-hybridized carbons (Fsp3) is 0.357. The smallest absolute Gasteiger partial charge is 0.252 e. The Kier molecular flexibility index (Phi) is 9.73. The van der Waals surface area contributed by atoms with Gasteiger partial charge in [-0.15, -0.1) is 0 Å². The van der Waals surface area contributed by atoms with Gasteiger partial charge in [0.05, 0.1) is 31.1 Å². The van der Waals surface area contributed by atoms with Crippen LogP contribution in [0.15, 0.2) is 36.4 Å². The molecule has 0 fully saturated rings. The second-order valence-corrected chi connectivity index (χ2v) is 9.46. The lowest BCUT2D eigenvalue weighted by Gasteiger charge is -2.25. The molecule has 12 heteroatoms. The average molecular weight is 553 g/mol. The Morgan fingerprint density at radius 2 is 1.75 bits per heavy atom. The first-order valence-electron chi connectivity index (χ1n) is 12.5. The third kappa shape index (κ3) is 6.70. The maximum atomic E-state index is 13.8. The third-order valence-electron chi connectivity index (χ3n) is 6.38. The van der Waals surface area contributed by atoms with E-state index >= 15 is 0 Å². The van der Waals surface area contributed by atoms with Crippen LogP contribution < -0.4 is 25.2 Å². The van der Waals surface area contributed by atoms with E-state index in [0.717, 1.165) is 4.90 Å². The van der Waals surface area contributed by atoms with Gasteiger partial charge < -0.3 is 30.2 Å². The number of hydrogen-bond donors (Lipinski definition) is 3. The van der Waals surface area contributed by atoms with Gasteiger partial charge in [0, 0.05) is 12.0 Å². The van der Waals surface area contributed by atoms with Crippen LogP contribution in [0.4, 0.5) is 11.4 Å². The average Bonchev–Trinajstić information content (AvgIpc) is 3.02. The molecule has 0 aromatic heterocycles. The fourth-order valence-electron chi connectivity index (χ4n) is 4.66. The van der Waals surface area contributed by atoms with E-state index in [4.69, 9.17) is 4.74 Å². The lowest BCUT2D eigenvalue weighted by atomic mass is 10.0. The Morgan fingerprint density at radius 1 is 1.12 bits per heavy atom. The number of aliphatic hydroxyl groups excluding tert-OH is 1. The summed E-state index contributed by atoms with van der Waals surface area (Å²) in [5.74, 6) is -2.42. The summed E-state index contributed by atoms with van der Waals surface area (Å²) < 4.78 is 5.35. The zero-order chi connectivity index (χ0) is 29.6. The lowest BCUT2D eigenvalue weighted by molar-refractivity contribution is -0.127. The minimum Gasteiger partial charge on any atom is -0.496 e. The maximum absolute atomic E-state index is 13.8. The van der Waals surface area contributed by atoms with Gasteiger partial charge in [-0.05, 0) is 56.2 Å². The number of aliphatic hydroxyl groups is 1. The van der Waals surface area contributed by atoms with Gasteiger partial charge in [0.1, 0.15) is 37.0 Å². The van der Waals surface area contributed by atoms with E-state index in [2.05, 4.69) is 10.6 Å². The zero-order valence-corrected chi connectivity index (χ0v) is 22.7. The van der Waals surface area contributed by atoms with Crippen molar-refractivity contribution in [1.82, 2.24) is 10.6 Å². The summed E-state index contributed by atoms with van der Waals surface area (Å²) in [7, 11) is 1.52. The molecule has 2 aromatic rings. The molecular formula is C28H32N4O8. The monoisotopic (exact) mass is 552 g/mol. The number of nitrogens with zero attached hydrogens (tertiary/aromatic N) is 2. The topological polar surface area (TPSA) is 162 Å². The number of hydrogen-bond acceptors (Lipinski definition) is 8. The predicted octanol–water partition coefficient (Wildman–Crippen LogP) is 0.445. The predicted molar refractivity (Wildman–Crippen MR) is 145 cm³/mol. The number of methoxy groups -OCH3 is 1. The van der Waals surface area contributed by atoms with E-state index in [1.54, 1.807) is 44.2 Å². The molecule has 0 aliphatic carbocycles. The Balaban J connectivity index is 1.98. The van der Waals surface area contributed by atoms with E-state index in [1.807, 2.05) is 0 Å². The first kappa shape index (κ1) is 30.0. The molecule has 3 rings (SSSR count). The number of carbonyl (C=O) groups is 6. The summed E-state index contributed by atoms with van der Waals surface area (Å²) in [5.41, 5.74) is 2.10. The highest BCUT2D eigenvalue weighted by molar-refractivity contribution is 6.11. The second kappa shape index (κ2) is 13.0. The van der Waals surface area contributed by atoms with Crippen molar-refractivity contribution in [1.29, 1.82) is 0 Å². The molecule has 0 unspecified atom stereocenters. The molecule has 0 spiro atoms. The van der Waals surface area contributed by atoms with Crippen LogP contribution in [-0.2, 0) is 24.0 Å². The number of carbonyl (C=O) groups excluding carboxylic acids is 6. The molecule has 2 atom stereocenters. The summed E-state index contributed by atoms with van der Waals surface area (Å²) >= 11 is 0. The minimum atomic E-state index is -1.30. The molecule has 2 aromatic carbocycles. The highest BCUT2D eigenvalue weighted by Gasteiger charge is 2.37. The first-order chi connectivity index (χ1) is 19.0. The number of rotatable bonds is 10. The quantitative estimate of drug-likeness (QED) is 0.358.